The summed E-state index contributed by atoms with van der Waals surface area (Å²) in [5.41, 5.74) is 1.05. The van der Waals surface area contributed by atoms with Gasteiger partial charge in [-0.25, -0.2) is 0 Å². The van der Waals surface area contributed by atoms with Crippen LogP contribution >= 0.6 is 11.8 Å². The van der Waals surface area contributed by atoms with Crippen molar-refractivity contribution in [1.29, 1.82) is 0 Å². The van der Waals surface area contributed by atoms with Crippen molar-refractivity contribution in [3.8, 4) is 5.75 Å². The number of carbonyl (C=O) groups is 1. The van der Waals surface area contributed by atoms with Gasteiger partial charge in [0.25, 0.3) is 5.91 Å². The number of benzene rings is 1. The zero-order chi connectivity index (χ0) is 15.8. The normalized spacial score (nSPS) is 17.0. The van der Waals surface area contributed by atoms with Crippen LogP contribution in [-0.4, -0.2) is 29.6 Å². The van der Waals surface area contributed by atoms with E-state index in [1.165, 1.54) is 32.1 Å². The van der Waals surface area contributed by atoms with Crippen LogP contribution in [0.2, 0.25) is 0 Å². The van der Waals surface area contributed by atoms with Crippen LogP contribution in [0.3, 0.4) is 0 Å². The molecule has 1 aromatic carbocycles. The zero-order valence-corrected chi connectivity index (χ0v) is 14.5. The van der Waals surface area contributed by atoms with E-state index >= 15 is 0 Å². The topological polar surface area (TPSA) is 38.3 Å². The number of thioether (sulfide) groups is 1. The van der Waals surface area contributed by atoms with E-state index in [0.717, 1.165) is 28.9 Å². The van der Waals surface area contributed by atoms with Crippen LogP contribution in [0.25, 0.3) is 0 Å². The minimum atomic E-state index is -0.458. The molecule has 0 radical (unpaired) electrons. The first kappa shape index (κ1) is 17.2. The molecular formula is C18H27NO2S. The van der Waals surface area contributed by atoms with Gasteiger partial charge in [0.05, 0.1) is 0 Å². The minimum absolute atomic E-state index is 0.0347. The molecule has 0 unspecified atom stereocenters. The van der Waals surface area contributed by atoms with Crippen LogP contribution in [0.4, 0.5) is 0 Å². The molecule has 1 aliphatic carbocycles. The second kappa shape index (κ2) is 9.09. The van der Waals surface area contributed by atoms with Gasteiger partial charge in [0, 0.05) is 17.5 Å². The van der Waals surface area contributed by atoms with Gasteiger partial charge in [0.15, 0.2) is 6.10 Å². The molecule has 0 saturated heterocycles. The predicted octanol–water partition coefficient (Wildman–Crippen LogP) is 3.94. The first-order valence-electron chi connectivity index (χ1n) is 8.28. The molecule has 0 aromatic heterocycles. The summed E-state index contributed by atoms with van der Waals surface area (Å²) in [7, 11) is 0. The van der Waals surface area contributed by atoms with Gasteiger partial charge >= 0.3 is 0 Å². The fraction of sp³-hybridized carbons (Fsp3) is 0.611. The van der Waals surface area contributed by atoms with Gasteiger partial charge in [-0.2, -0.15) is 11.8 Å². The van der Waals surface area contributed by atoms with Gasteiger partial charge in [0.2, 0.25) is 0 Å². The molecule has 0 spiro atoms. The molecule has 0 aliphatic heterocycles. The molecule has 122 valence electrons. The van der Waals surface area contributed by atoms with Gasteiger partial charge in [-0.05, 0) is 38.3 Å². The van der Waals surface area contributed by atoms with Crippen molar-refractivity contribution < 1.29 is 9.53 Å². The minimum Gasteiger partial charge on any atom is -0.481 e. The lowest BCUT2D eigenvalue weighted by atomic mass is 10.0. The number of nitrogens with one attached hydrogen (secondary N) is 1. The van der Waals surface area contributed by atoms with E-state index in [4.69, 9.17) is 4.74 Å². The predicted molar refractivity (Wildman–Crippen MR) is 93.6 cm³/mol. The summed E-state index contributed by atoms with van der Waals surface area (Å²) in [6.45, 7) is 4.51. The van der Waals surface area contributed by atoms with Crippen LogP contribution in [0.15, 0.2) is 24.3 Å². The Kier molecular flexibility index (Phi) is 7.10. The maximum absolute atomic E-state index is 12.1. The fourth-order valence-electron chi connectivity index (χ4n) is 2.71. The molecule has 1 aliphatic rings. The Balaban J connectivity index is 1.65. The third-order valence-electron chi connectivity index (χ3n) is 4.07. The maximum Gasteiger partial charge on any atom is 0.260 e. The largest absolute Gasteiger partial charge is 0.481 e. The van der Waals surface area contributed by atoms with Crippen LogP contribution in [0.5, 0.6) is 5.75 Å². The Morgan fingerprint density at radius 1 is 1.32 bits per heavy atom. The number of amides is 1. The van der Waals surface area contributed by atoms with E-state index in [0.29, 0.717) is 0 Å². The first-order valence-corrected chi connectivity index (χ1v) is 9.33. The van der Waals surface area contributed by atoms with E-state index in [2.05, 4.69) is 5.32 Å². The molecule has 1 aromatic rings. The SMILES string of the molecule is Cc1ccccc1O[C@@H](C)C(=O)NCCSC1CCCCC1. The van der Waals surface area contributed by atoms with Crippen molar-refractivity contribution in [3.05, 3.63) is 29.8 Å². The number of aryl methyl sites for hydroxylation is 1. The number of ether oxygens (including phenoxy) is 1. The number of rotatable bonds is 7. The van der Waals surface area contributed by atoms with Gasteiger partial charge in [0.1, 0.15) is 5.75 Å². The Hall–Kier alpha value is -1.16. The van der Waals surface area contributed by atoms with Crippen LogP contribution in [0.1, 0.15) is 44.6 Å². The molecule has 4 heteroatoms. The van der Waals surface area contributed by atoms with Gasteiger partial charge in [-0.1, -0.05) is 37.5 Å². The van der Waals surface area contributed by atoms with E-state index in [1.54, 1.807) is 6.92 Å². The van der Waals surface area contributed by atoms with Crippen molar-refractivity contribution in [2.24, 2.45) is 0 Å². The molecule has 22 heavy (non-hydrogen) atoms. The average molecular weight is 321 g/mol. The number of para-hydroxylation sites is 1. The lowest BCUT2D eigenvalue weighted by Gasteiger charge is -2.21. The smallest absolute Gasteiger partial charge is 0.260 e. The van der Waals surface area contributed by atoms with Crippen LogP contribution in [-0.2, 0) is 4.79 Å². The monoisotopic (exact) mass is 321 g/mol. The Morgan fingerprint density at radius 3 is 2.77 bits per heavy atom. The van der Waals surface area contributed by atoms with Crippen LogP contribution in [0, 0.1) is 6.92 Å². The Labute approximate surface area is 138 Å². The van der Waals surface area contributed by atoms with Gasteiger partial charge in [-0.15, -0.1) is 0 Å². The summed E-state index contributed by atoms with van der Waals surface area (Å²) in [4.78, 5) is 12.1. The third-order valence-corrected chi connectivity index (χ3v) is 5.46. The third kappa shape index (κ3) is 5.56. The molecule has 1 atom stereocenters. The summed E-state index contributed by atoms with van der Waals surface area (Å²) in [6, 6.07) is 7.78. The summed E-state index contributed by atoms with van der Waals surface area (Å²) < 4.78 is 5.74. The molecule has 0 bridgehead atoms. The van der Waals surface area contributed by atoms with E-state index < -0.39 is 6.10 Å². The quantitative estimate of drug-likeness (QED) is 0.773. The highest BCUT2D eigenvalue weighted by molar-refractivity contribution is 7.99. The molecule has 1 N–H and O–H groups in total. The summed E-state index contributed by atoms with van der Waals surface area (Å²) in [5.74, 6) is 1.74. The number of hydrogen-bond donors (Lipinski definition) is 1. The van der Waals surface area contributed by atoms with Crippen molar-refractivity contribution in [3.63, 3.8) is 0 Å². The van der Waals surface area contributed by atoms with E-state index in [1.807, 2.05) is 43.0 Å². The van der Waals surface area contributed by atoms with Gasteiger partial charge in [-0.3, -0.25) is 4.79 Å². The molecule has 2 rings (SSSR count). The molecular weight excluding hydrogens is 294 g/mol. The lowest BCUT2D eigenvalue weighted by molar-refractivity contribution is -0.127. The van der Waals surface area contributed by atoms with Crippen molar-refractivity contribution in [2.45, 2.75) is 57.3 Å². The standard InChI is InChI=1S/C18H27NO2S/c1-14-8-6-7-11-17(14)21-15(2)18(20)19-12-13-22-16-9-4-3-5-10-16/h6-8,11,15-16H,3-5,9-10,12-13H2,1-2H3,(H,19,20)/t15-/m0/s1. The highest BCUT2D eigenvalue weighted by Gasteiger charge is 2.16. The van der Waals surface area contributed by atoms with E-state index in [-0.39, 0.29) is 5.91 Å². The van der Waals surface area contributed by atoms with Crippen molar-refractivity contribution >= 4 is 17.7 Å². The van der Waals surface area contributed by atoms with Crippen LogP contribution < -0.4 is 10.1 Å². The first-order chi connectivity index (χ1) is 10.7. The van der Waals surface area contributed by atoms with Crippen molar-refractivity contribution in [2.75, 3.05) is 12.3 Å². The fourth-order valence-corrected chi connectivity index (χ4v) is 3.93. The molecule has 1 fully saturated rings. The Bertz CT molecular complexity index is 472. The molecule has 1 saturated carbocycles. The molecule has 3 nitrogen and oxygen atoms in total. The molecule has 1 amide bonds. The Morgan fingerprint density at radius 2 is 2.05 bits per heavy atom. The summed E-state index contributed by atoms with van der Waals surface area (Å²) in [5, 5.41) is 3.77. The number of hydrogen-bond acceptors (Lipinski definition) is 3. The lowest BCUT2D eigenvalue weighted by Crippen LogP contribution is -2.37. The second-order valence-corrected chi connectivity index (χ2v) is 7.36. The van der Waals surface area contributed by atoms with Crippen molar-refractivity contribution in [1.82, 2.24) is 5.32 Å². The van der Waals surface area contributed by atoms with E-state index in [9.17, 15) is 4.79 Å². The second-order valence-electron chi connectivity index (χ2n) is 5.95. The maximum atomic E-state index is 12.1. The average Bonchev–Trinajstić information content (AvgIpc) is 2.54. The summed E-state index contributed by atoms with van der Waals surface area (Å²) >= 11 is 2.00. The highest BCUT2D eigenvalue weighted by Crippen LogP contribution is 2.27. The zero-order valence-electron chi connectivity index (χ0n) is 13.6. The summed E-state index contributed by atoms with van der Waals surface area (Å²) in [6.07, 6.45) is 6.34. The highest BCUT2D eigenvalue weighted by atomic mass is 32.2. The molecule has 0 heterocycles. The number of carbonyl (C=O) groups excluding carboxylic acids is 1. The van der Waals surface area contributed by atoms with Gasteiger partial charge < -0.3 is 10.1 Å².